The highest BCUT2D eigenvalue weighted by molar-refractivity contribution is 8.00. The van der Waals surface area contributed by atoms with Gasteiger partial charge in [-0.05, 0) is 26.0 Å². The normalized spacial score (nSPS) is 30.4. The van der Waals surface area contributed by atoms with Gasteiger partial charge in [0.1, 0.15) is 23.0 Å². The summed E-state index contributed by atoms with van der Waals surface area (Å²) in [6.07, 6.45) is 0. The minimum Gasteiger partial charge on any atom is -0.508 e. The zero-order chi connectivity index (χ0) is 11.4. The van der Waals surface area contributed by atoms with Gasteiger partial charge < -0.3 is 9.84 Å². The molecule has 1 unspecified atom stereocenters. The van der Waals surface area contributed by atoms with Gasteiger partial charge in [0.25, 0.3) is 0 Å². The summed E-state index contributed by atoms with van der Waals surface area (Å²) < 4.78 is 5.67. The van der Waals surface area contributed by atoms with Gasteiger partial charge in [-0.1, -0.05) is 0 Å². The van der Waals surface area contributed by atoms with Gasteiger partial charge in [0.2, 0.25) is 0 Å². The predicted molar refractivity (Wildman–Crippen MR) is 65.0 cm³/mol. The van der Waals surface area contributed by atoms with Gasteiger partial charge in [-0.3, -0.25) is 5.32 Å². The molecule has 1 fully saturated rings. The fourth-order valence-electron chi connectivity index (χ4n) is 2.37. The van der Waals surface area contributed by atoms with Gasteiger partial charge in [0.05, 0.1) is 0 Å². The van der Waals surface area contributed by atoms with E-state index in [0.717, 1.165) is 17.1 Å². The highest BCUT2D eigenvalue weighted by Crippen LogP contribution is 2.50. The number of nitrogens with one attached hydrogen (secondary N) is 1. The van der Waals surface area contributed by atoms with E-state index in [9.17, 15) is 5.11 Å². The van der Waals surface area contributed by atoms with Gasteiger partial charge in [0.15, 0.2) is 0 Å². The number of rotatable bonds is 0. The third-order valence-electron chi connectivity index (χ3n) is 3.05. The van der Waals surface area contributed by atoms with Crippen LogP contribution in [-0.4, -0.2) is 23.0 Å². The number of phenols is 1. The van der Waals surface area contributed by atoms with E-state index in [4.69, 9.17) is 4.74 Å². The molecule has 3 rings (SSSR count). The van der Waals surface area contributed by atoms with Crippen molar-refractivity contribution in [2.24, 2.45) is 0 Å². The molecular formula is C12H15NO2S. The van der Waals surface area contributed by atoms with Gasteiger partial charge in [-0.25, -0.2) is 0 Å². The Morgan fingerprint density at radius 3 is 2.94 bits per heavy atom. The van der Waals surface area contributed by atoms with Crippen LogP contribution >= 0.6 is 11.8 Å². The van der Waals surface area contributed by atoms with Crippen molar-refractivity contribution < 1.29 is 9.84 Å². The Bertz CT molecular complexity index is 447. The Morgan fingerprint density at radius 2 is 2.25 bits per heavy atom. The molecule has 2 aliphatic rings. The maximum atomic E-state index is 9.42. The SMILES string of the molecule is CC1(C)CSC2(COc3cc(O)ccc32)N1. The van der Waals surface area contributed by atoms with E-state index in [1.165, 1.54) is 0 Å². The smallest absolute Gasteiger partial charge is 0.129 e. The second-order valence-electron chi connectivity index (χ2n) is 5.09. The molecule has 1 spiro atoms. The van der Waals surface area contributed by atoms with Crippen molar-refractivity contribution in [3.8, 4) is 11.5 Å². The summed E-state index contributed by atoms with van der Waals surface area (Å²) in [5, 5.41) is 13.1. The highest BCUT2D eigenvalue weighted by atomic mass is 32.2. The van der Waals surface area contributed by atoms with Crippen LogP contribution in [0.4, 0.5) is 0 Å². The second-order valence-corrected chi connectivity index (χ2v) is 6.37. The molecule has 0 saturated carbocycles. The van der Waals surface area contributed by atoms with E-state index in [0.29, 0.717) is 6.61 Å². The first-order valence-corrected chi connectivity index (χ1v) is 6.39. The average molecular weight is 237 g/mol. The average Bonchev–Trinajstić information content (AvgIpc) is 2.69. The second kappa shape index (κ2) is 3.08. The molecule has 2 heterocycles. The van der Waals surface area contributed by atoms with E-state index in [1.807, 2.05) is 17.8 Å². The number of hydrogen-bond donors (Lipinski definition) is 2. The largest absolute Gasteiger partial charge is 0.508 e. The molecule has 0 amide bonds. The minimum absolute atomic E-state index is 0.119. The molecule has 86 valence electrons. The lowest BCUT2D eigenvalue weighted by Crippen LogP contribution is -2.46. The third-order valence-corrected chi connectivity index (χ3v) is 4.85. The summed E-state index contributed by atoms with van der Waals surface area (Å²) in [4.78, 5) is -0.119. The summed E-state index contributed by atoms with van der Waals surface area (Å²) in [5.41, 5.74) is 1.29. The monoisotopic (exact) mass is 237 g/mol. The van der Waals surface area contributed by atoms with Crippen molar-refractivity contribution in [3.63, 3.8) is 0 Å². The Labute approximate surface area is 99.2 Å². The lowest BCUT2D eigenvalue weighted by atomic mass is 10.0. The molecule has 0 radical (unpaired) electrons. The molecule has 3 nitrogen and oxygen atoms in total. The van der Waals surface area contributed by atoms with Crippen LogP contribution in [0.2, 0.25) is 0 Å². The maximum absolute atomic E-state index is 9.42. The Balaban J connectivity index is 2.03. The van der Waals surface area contributed by atoms with Gasteiger partial charge in [-0.15, -0.1) is 11.8 Å². The van der Waals surface area contributed by atoms with Crippen LogP contribution in [0.1, 0.15) is 19.4 Å². The molecule has 1 saturated heterocycles. The number of hydrogen-bond acceptors (Lipinski definition) is 4. The first-order valence-electron chi connectivity index (χ1n) is 5.40. The molecule has 0 bridgehead atoms. The molecule has 1 aromatic rings. The fraction of sp³-hybridized carbons (Fsp3) is 0.500. The van der Waals surface area contributed by atoms with Crippen LogP contribution in [0, 0.1) is 0 Å². The number of fused-ring (bicyclic) bond motifs is 2. The summed E-state index contributed by atoms with van der Waals surface area (Å²) in [6.45, 7) is 5.04. The first-order chi connectivity index (χ1) is 7.51. The van der Waals surface area contributed by atoms with E-state index in [2.05, 4.69) is 19.2 Å². The Morgan fingerprint density at radius 1 is 1.44 bits per heavy atom. The molecular weight excluding hydrogens is 222 g/mol. The highest BCUT2D eigenvalue weighted by Gasteiger charge is 2.49. The van der Waals surface area contributed by atoms with Crippen molar-refractivity contribution in [2.45, 2.75) is 24.3 Å². The van der Waals surface area contributed by atoms with Crippen molar-refractivity contribution in [2.75, 3.05) is 12.4 Å². The van der Waals surface area contributed by atoms with Crippen LogP contribution in [0.5, 0.6) is 11.5 Å². The van der Waals surface area contributed by atoms with Crippen LogP contribution in [0.25, 0.3) is 0 Å². The maximum Gasteiger partial charge on any atom is 0.129 e. The zero-order valence-corrected chi connectivity index (χ0v) is 10.2. The third kappa shape index (κ3) is 1.40. The van der Waals surface area contributed by atoms with Crippen LogP contribution < -0.4 is 10.1 Å². The van der Waals surface area contributed by atoms with Crippen molar-refractivity contribution in [1.29, 1.82) is 0 Å². The molecule has 1 aromatic carbocycles. The zero-order valence-electron chi connectivity index (χ0n) is 9.41. The van der Waals surface area contributed by atoms with E-state index >= 15 is 0 Å². The molecule has 2 N–H and O–H groups in total. The van der Waals surface area contributed by atoms with Crippen LogP contribution in [-0.2, 0) is 4.87 Å². The van der Waals surface area contributed by atoms with Crippen molar-refractivity contribution >= 4 is 11.8 Å². The summed E-state index contributed by atoms with van der Waals surface area (Å²) in [6, 6.07) is 5.37. The number of ether oxygens (including phenoxy) is 1. The Hall–Kier alpha value is -0.870. The molecule has 0 aromatic heterocycles. The van der Waals surface area contributed by atoms with E-state index in [-0.39, 0.29) is 16.2 Å². The van der Waals surface area contributed by atoms with Crippen LogP contribution in [0.15, 0.2) is 18.2 Å². The van der Waals surface area contributed by atoms with Crippen molar-refractivity contribution in [1.82, 2.24) is 5.32 Å². The van der Waals surface area contributed by atoms with Gasteiger partial charge in [0, 0.05) is 22.9 Å². The molecule has 0 aliphatic carbocycles. The molecule has 1 atom stereocenters. The lowest BCUT2D eigenvalue weighted by molar-refractivity contribution is 0.270. The van der Waals surface area contributed by atoms with Gasteiger partial charge >= 0.3 is 0 Å². The quantitative estimate of drug-likeness (QED) is 0.724. The Kier molecular flexibility index (Phi) is 1.98. The fourth-order valence-corrected chi connectivity index (χ4v) is 3.86. The lowest BCUT2D eigenvalue weighted by Gasteiger charge is -2.26. The number of thioether (sulfide) groups is 1. The minimum atomic E-state index is -0.119. The van der Waals surface area contributed by atoms with Crippen molar-refractivity contribution in [3.05, 3.63) is 23.8 Å². The molecule has 16 heavy (non-hydrogen) atoms. The molecule has 4 heteroatoms. The topological polar surface area (TPSA) is 41.5 Å². The van der Waals surface area contributed by atoms with E-state index < -0.39 is 0 Å². The summed E-state index contributed by atoms with van der Waals surface area (Å²) in [7, 11) is 0. The number of benzene rings is 1. The standard InChI is InChI=1S/C12H15NO2S/c1-11(2)7-16-12(13-11)6-15-10-5-8(14)3-4-9(10)12/h3-5,13-14H,6-7H2,1-2H3. The first kappa shape index (κ1) is 10.3. The number of aromatic hydroxyl groups is 1. The number of phenolic OH excluding ortho intramolecular Hbond substituents is 1. The van der Waals surface area contributed by atoms with Gasteiger partial charge in [-0.2, -0.15) is 0 Å². The predicted octanol–water partition coefficient (Wildman–Crippen LogP) is 2.05. The van der Waals surface area contributed by atoms with E-state index in [1.54, 1.807) is 12.1 Å². The summed E-state index contributed by atoms with van der Waals surface area (Å²) in [5.74, 6) is 2.13. The summed E-state index contributed by atoms with van der Waals surface area (Å²) >= 11 is 1.89. The molecule has 2 aliphatic heterocycles. The van der Waals surface area contributed by atoms with Crippen LogP contribution in [0.3, 0.4) is 0 Å².